The molecule has 1 aliphatic carbocycles. The van der Waals surface area contributed by atoms with Crippen LogP contribution in [0.2, 0.25) is 0 Å². The van der Waals surface area contributed by atoms with Crippen LogP contribution in [0.3, 0.4) is 0 Å². The van der Waals surface area contributed by atoms with E-state index in [4.69, 9.17) is 0 Å². The highest BCUT2D eigenvalue weighted by atomic mass is 32.1. The van der Waals surface area contributed by atoms with E-state index in [1.54, 1.807) is 0 Å². The fraction of sp³-hybridized carbons (Fsp3) is 0.750. The van der Waals surface area contributed by atoms with E-state index in [-0.39, 0.29) is 0 Å². The van der Waals surface area contributed by atoms with Gasteiger partial charge in [0.1, 0.15) is 0 Å². The van der Waals surface area contributed by atoms with Gasteiger partial charge in [-0.25, -0.2) is 0 Å². The van der Waals surface area contributed by atoms with Crippen molar-refractivity contribution in [2.24, 2.45) is 5.92 Å². The lowest BCUT2D eigenvalue weighted by Crippen LogP contribution is -2.38. The molecule has 0 saturated heterocycles. The number of aryl methyl sites for hydroxylation is 1. The average Bonchev–Trinajstić information content (AvgIpc) is 2.93. The molecule has 1 fully saturated rings. The molecule has 0 aromatic carbocycles. The first-order chi connectivity index (χ1) is 8.90. The summed E-state index contributed by atoms with van der Waals surface area (Å²) in [6.45, 7) is 3.45. The lowest BCUT2D eigenvalue weighted by Gasteiger charge is -2.31. The maximum Gasteiger partial charge on any atom is 0.00984 e. The molecule has 2 heteroatoms. The Kier molecular flexibility index (Phi) is 6.22. The van der Waals surface area contributed by atoms with Crippen LogP contribution in [0.25, 0.3) is 0 Å². The Bertz CT molecular complexity index is 301. The molecule has 1 atom stereocenters. The van der Waals surface area contributed by atoms with Crippen LogP contribution in [0.15, 0.2) is 16.8 Å². The molecular formula is C16H27NS. The molecule has 1 unspecified atom stereocenters. The number of nitrogens with one attached hydrogen (secondary N) is 1. The highest BCUT2D eigenvalue weighted by Crippen LogP contribution is 2.28. The summed E-state index contributed by atoms with van der Waals surface area (Å²) in [5.41, 5.74) is 1.53. The third kappa shape index (κ3) is 4.40. The molecule has 0 amide bonds. The van der Waals surface area contributed by atoms with Gasteiger partial charge in [-0.3, -0.25) is 0 Å². The van der Waals surface area contributed by atoms with Gasteiger partial charge in [-0.05, 0) is 67.0 Å². The van der Waals surface area contributed by atoms with Crippen molar-refractivity contribution in [1.29, 1.82) is 0 Å². The molecule has 102 valence electrons. The SMILES string of the molecule is CCCNC(CCc1ccsc1)C1CCCCC1. The molecule has 1 aliphatic rings. The maximum absolute atomic E-state index is 3.80. The summed E-state index contributed by atoms with van der Waals surface area (Å²) in [7, 11) is 0. The second-order valence-corrected chi connectivity index (χ2v) is 6.41. The summed E-state index contributed by atoms with van der Waals surface area (Å²) in [5.74, 6) is 0.934. The smallest absolute Gasteiger partial charge is 0.00984 e. The molecule has 1 saturated carbocycles. The summed E-state index contributed by atoms with van der Waals surface area (Å²) in [5, 5.41) is 8.31. The largest absolute Gasteiger partial charge is 0.314 e. The third-order valence-electron chi connectivity index (χ3n) is 4.20. The minimum atomic E-state index is 0.755. The van der Waals surface area contributed by atoms with Crippen molar-refractivity contribution in [2.75, 3.05) is 6.54 Å². The van der Waals surface area contributed by atoms with Crippen molar-refractivity contribution in [1.82, 2.24) is 5.32 Å². The van der Waals surface area contributed by atoms with Crippen LogP contribution in [0.1, 0.15) is 57.4 Å². The van der Waals surface area contributed by atoms with E-state index >= 15 is 0 Å². The predicted molar refractivity (Wildman–Crippen MR) is 81.3 cm³/mol. The van der Waals surface area contributed by atoms with Gasteiger partial charge in [0.25, 0.3) is 0 Å². The van der Waals surface area contributed by atoms with Crippen LogP contribution in [0, 0.1) is 5.92 Å². The quantitative estimate of drug-likeness (QED) is 0.758. The predicted octanol–water partition coefficient (Wildman–Crippen LogP) is 4.63. The lowest BCUT2D eigenvalue weighted by atomic mass is 9.82. The second kappa shape index (κ2) is 7.96. The van der Waals surface area contributed by atoms with E-state index in [9.17, 15) is 0 Å². The zero-order chi connectivity index (χ0) is 12.6. The summed E-state index contributed by atoms with van der Waals surface area (Å²) in [4.78, 5) is 0. The average molecular weight is 265 g/mol. The van der Waals surface area contributed by atoms with E-state index in [0.29, 0.717) is 0 Å². The van der Waals surface area contributed by atoms with Crippen LogP contribution < -0.4 is 5.32 Å². The molecule has 1 aromatic heterocycles. The van der Waals surface area contributed by atoms with E-state index in [0.717, 1.165) is 12.0 Å². The van der Waals surface area contributed by atoms with E-state index < -0.39 is 0 Å². The van der Waals surface area contributed by atoms with Gasteiger partial charge in [-0.2, -0.15) is 11.3 Å². The second-order valence-electron chi connectivity index (χ2n) is 5.63. The van der Waals surface area contributed by atoms with Crippen LogP contribution in [-0.4, -0.2) is 12.6 Å². The number of rotatable bonds is 7. The zero-order valence-corrected chi connectivity index (χ0v) is 12.5. The Hall–Kier alpha value is -0.340. The highest BCUT2D eigenvalue weighted by Gasteiger charge is 2.22. The van der Waals surface area contributed by atoms with Gasteiger partial charge >= 0.3 is 0 Å². The molecule has 1 nitrogen and oxygen atoms in total. The van der Waals surface area contributed by atoms with Crippen LogP contribution >= 0.6 is 11.3 Å². The molecule has 0 aliphatic heterocycles. The molecular weight excluding hydrogens is 238 g/mol. The van der Waals surface area contributed by atoms with Crippen LogP contribution in [0.5, 0.6) is 0 Å². The first-order valence-corrected chi connectivity index (χ1v) is 8.59. The topological polar surface area (TPSA) is 12.0 Å². The van der Waals surface area contributed by atoms with Gasteiger partial charge < -0.3 is 5.32 Å². The van der Waals surface area contributed by atoms with Crippen molar-refractivity contribution < 1.29 is 0 Å². The van der Waals surface area contributed by atoms with Gasteiger partial charge in [0, 0.05) is 6.04 Å². The first kappa shape index (κ1) is 14.1. The molecule has 1 aromatic rings. The van der Waals surface area contributed by atoms with Crippen molar-refractivity contribution in [3.8, 4) is 0 Å². The molecule has 0 spiro atoms. The van der Waals surface area contributed by atoms with Crippen LogP contribution in [-0.2, 0) is 6.42 Å². The van der Waals surface area contributed by atoms with Crippen molar-refractivity contribution >= 4 is 11.3 Å². The molecule has 1 N–H and O–H groups in total. The minimum absolute atomic E-state index is 0.755. The summed E-state index contributed by atoms with van der Waals surface area (Å²) in [6.07, 6.45) is 11.1. The van der Waals surface area contributed by atoms with Crippen molar-refractivity contribution in [3.63, 3.8) is 0 Å². The molecule has 2 rings (SSSR count). The molecule has 0 radical (unpaired) electrons. The first-order valence-electron chi connectivity index (χ1n) is 7.64. The van der Waals surface area contributed by atoms with E-state index in [1.165, 1.54) is 63.5 Å². The van der Waals surface area contributed by atoms with Gasteiger partial charge in [0.05, 0.1) is 0 Å². The number of thiophene rings is 1. The Labute approximate surface area is 116 Å². The standard InChI is InChI=1S/C16H27NS/c1-2-11-17-16(15-6-4-3-5-7-15)9-8-14-10-12-18-13-14/h10,12-13,15-17H,2-9,11H2,1H3. The Morgan fingerprint density at radius 2 is 2.17 bits per heavy atom. The van der Waals surface area contributed by atoms with Gasteiger partial charge in [-0.1, -0.05) is 26.2 Å². The van der Waals surface area contributed by atoms with Crippen LogP contribution in [0.4, 0.5) is 0 Å². The summed E-state index contributed by atoms with van der Waals surface area (Å²) >= 11 is 1.82. The fourth-order valence-electron chi connectivity index (χ4n) is 3.13. The number of hydrogen-bond donors (Lipinski definition) is 1. The monoisotopic (exact) mass is 265 g/mol. The maximum atomic E-state index is 3.80. The Balaban J connectivity index is 1.83. The number of hydrogen-bond acceptors (Lipinski definition) is 2. The summed E-state index contributed by atoms with van der Waals surface area (Å²) < 4.78 is 0. The van der Waals surface area contributed by atoms with Gasteiger partial charge in [0.15, 0.2) is 0 Å². The van der Waals surface area contributed by atoms with Crippen molar-refractivity contribution in [2.45, 2.75) is 64.3 Å². The third-order valence-corrected chi connectivity index (χ3v) is 4.93. The van der Waals surface area contributed by atoms with Gasteiger partial charge in [0.2, 0.25) is 0 Å². The molecule has 1 heterocycles. The molecule has 18 heavy (non-hydrogen) atoms. The molecule has 0 bridgehead atoms. The van der Waals surface area contributed by atoms with E-state index in [1.807, 2.05) is 11.3 Å². The Morgan fingerprint density at radius 3 is 2.83 bits per heavy atom. The Morgan fingerprint density at radius 1 is 1.33 bits per heavy atom. The van der Waals surface area contributed by atoms with E-state index in [2.05, 4.69) is 29.1 Å². The normalized spacial score (nSPS) is 18.9. The van der Waals surface area contributed by atoms with Gasteiger partial charge in [-0.15, -0.1) is 0 Å². The van der Waals surface area contributed by atoms with Crippen molar-refractivity contribution in [3.05, 3.63) is 22.4 Å². The lowest BCUT2D eigenvalue weighted by molar-refractivity contribution is 0.258. The zero-order valence-electron chi connectivity index (χ0n) is 11.7. The minimum Gasteiger partial charge on any atom is -0.314 e. The highest BCUT2D eigenvalue weighted by molar-refractivity contribution is 7.07. The summed E-state index contributed by atoms with van der Waals surface area (Å²) in [6, 6.07) is 3.03. The fourth-order valence-corrected chi connectivity index (χ4v) is 3.83.